The zero-order chi connectivity index (χ0) is 15.1. The van der Waals surface area contributed by atoms with Crippen LogP contribution in [0.2, 0.25) is 0 Å². The molecule has 0 heterocycles. The number of aliphatic hydroxyl groups is 1. The lowest BCUT2D eigenvalue weighted by Crippen LogP contribution is -2.54. The Bertz CT molecular complexity index is 563. The third-order valence-corrected chi connectivity index (χ3v) is 5.71. The number of nitrogens with zero attached hydrogens (tertiary/aromatic N) is 1. The third-order valence-electron chi connectivity index (χ3n) is 5.71. The molecule has 21 heavy (non-hydrogen) atoms. The molecule has 0 aliphatic heterocycles. The predicted octanol–water partition coefficient (Wildman–Crippen LogP) is 3.87. The van der Waals surface area contributed by atoms with E-state index in [0.29, 0.717) is 18.3 Å². The van der Waals surface area contributed by atoms with Gasteiger partial charge in [-0.3, -0.25) is 0 Å². The van der Waals surface area contributed by atoms with Crippen molar-refractivity contribution in [2.75, 3.05) is 0 Å². The molecule has 1 aromatic rings. The van der Waals surface area contributed by atoms with Gasteiger partial charge >= 0.3 is 0 Å². The summed E-state index contributed by atoms with van der Waals surface area (Å²) in [7, 11) is 0. The molecule has 112 valence electrons. The third kappa shape index (κ3) is 2.38. The number of fused-ring (bicyclic) bond motifs is 1. The zero-order valence-electron chi connectivity index (χ0n) is 13.1. The normalized spacial score (nSPS) is 39.3. The highest BCUT2D eigenvalue weighted by molar-refractivity contribution is 5.35. The maximum Gasteiger partial charge on any atom is 0.0903 e. The van der Waals surface area contributed by atoms with E-state index in [1.165, 1.54) is 17.5 Å². The summed E-state index contributed by atoms with van der Waals surface area (Å²) >= 11 is 0. The van der Waals surface area contributed by atoms with E-state index in [1.54, 1.807) is 0 Å². The van der Waals surface area contributed by atoms with Gasteiger partial charge in [-0.05, 0) is 61.5 Å². The molecule has 0 spiro atoms. The summed E-state index contributed by atoms with van der Waals surface area (Å²) in [5.74, 6) is 1.00. The topological polar surface area (TPSA) is 44.0 Å². The van der Waals surface area contributed by atoms with Gasteiger partial charge in [-0.1, -0.05) is 38.1 Å². The SMILES string of the molecule is CC1CC(C)CC(O)(C2(C#N)CCc3ccccc3C2)C1. The Morgan fingerprint density at radius 3 is 2.38 bits per heavy atom. The van der Waals surface area contributed by atoms with E-state index < -0.39 is 11.0 Å². The van der Waals surface area contributed by atoms with Crippen molar-refractivity contribution in [1.82, 2.24) is 0 Å². The average Bonchev–Trinajstić information content (AvgIpc) is 2.45. The molecule has 0 saturated heterocycles. The summed E-state index contributed by atoms with van der Waals surface area (Å²) in [4.78, 5) is 0. The van der Waals surface area contributed by atoms with Gasteiger partial charge in [-0.15, -0.1) is 0 Å². The van der Waals surface area contributed by atoms with E-state index in [9.17, 15) is 10.4 Å². The number of hydrogen-bond donors (Lipinski definition) is 1. The van der Waals surface area contributed by atoms with Crippen LogP contribution in [0.3, 0.4) is 0 Å². The molecular formula is C19H25NO. The molecule has 3 unspecified atom stereocenters. The molecule has 2 aliphatic rings. The van der Waals surface area contributed by atoms with Gasteiger partial charge in [-0.2, -0.15) is 5.26 Å². The van der Waals surface area contributed by atoms with Crippen LogP contribution in [-0.2, 0) is 12.8 Å². The molecule has 0 radical (unpaired) electrons. The molecule has 3 rings (SSSR count). The Morgan fingerprint density at radius 2 is 1.76 bits per heavy atom. The fourth-order valence-corrected chi connectivity index (χ4v) is 4.81. The van der Waals surface area contributed by atoms with Crippen molar-refractivity contribution >= 4 is 0 Å². The molecular weight excluding hydrogens is 258 g/mol. The molecule has 1 N–H and O–H groups in total. The van der Waals surface area contributed by atoms with Crippen molar-refractivity contribution in [2.45, 2.75) is 58.0 Å². The molecule has 2 heteroatoms. The fraction of sp³-hybridized carbons (Fsp3) is 0.632. The molecule has 0 aromatic heterocycles. The Labute approximate surface area is 127 Å². The largest absolute Gasteiger partial charge is 0.388 e. The summed E-state index contributed by atoms with van der Waals surface area (Å²) in [5, 5.41) is 21.3. The average molecular weight is 283 g/mol. The molecule has 1 fully saturated rings. The number of benzene rings is 1. The van der Waals surface area contributed by atoms with Crippen LogP contribution in [0.15, 0.2) is 24.3 Å². The first-order valence-electron chi connectivity index (χ1n) is 8.18. The standard InChI is InChI=1S/C19H25NO/c1-14-9-15(2)11-19(21,10-14)18(13-20)8-7-16-5-3-4-6-17(16)12-18/h3-6,14-15,21H,7-12H2,1-2H3. The van der Waals surface area contributed by atoms with Gasteiger partial charge in [0.1, 0.15) is 0 Å². The Kier molecular flexibility index (Phi) is 3.58. The molecule has 1 saturated carbocycles. The van der Waals surface area contributed by atoms with Crippen molar-refractivity contribution in [2.24, 2.45) is 17.3 Å². The Morgan fingerprint density at radius 1 is 1.14 bits per heavy atom. The van der Waals surface area contributed by atoms with Crippen molar-refractivity contribution in [1.29, 1.82) is 5.26 Å². The number of hydrogen-bond acceptors (Lipinski definition) is 2. The van der Waals surface area contributed by atoms with Crippen molar-refractivity contribution in [3.8, 4) is 6.07 Å². The van der Waals surface area contributed by atoms with E-state index in [4.69, 9.17) is 0 Å². The van der Waals surface area contributed by atoms with Crippen molar-refractivity contribution in [3.05, 3.63) is 35.4 Å². The highest BCUT2D eigenvalue weighted by atomic mass is 16.3. The van der Waals surface area contributed by atoms with Gasteiger partial charge in [-0.25, -0.2) is 0 Å². The van der Waals surface area contributed by atoms with Crippen molar-refractivity contribution < 1.29 is 5.11 Å². The maximum absolute atomic E-state index is 11.4. The molecule has 0 bridgehead atoms. The summed E-state index contributed by atoms with van der Waals surface area (Å²) in [6.07, 6.45) is 5.11. The first-order chi connectivity index (χ1) is 9.98. The van der Waals surface area contributed by atoms with Gasteiger partial charge in [0.2, 0.25) is 0 Å². The second-order valence-electron chi connectivity index (χ2n) is 7.53. The number of rotatable bonds is 1. The smallest absolute Gasteiger partial charge is 0.0903 e. The minimum atomic E-state index is -0.827. The molecule has 2 nitrogen and oxygen atoms in total. The van der Waals surface area contributed by atoms with E-state index in [0.717, 1.165) is 25.7 Å². The fourth-order valence-electron chi connectivity index (χ4n) is 4.81. The Balaban J connectivity index is 1.97. The van der Waals surface area contributed by atoms with Gasteiger partial charge in [0.05, 0.1) is 17.1 Å². The van der Waals surface area contributed by atoms with E-state index in [-0.39, 0.29) is 0 Å². The lowest BCUT2D eigenvalue weighted by Gasteiger charge is -2.50. The van der Waals surface area contributed by atoms with Crippen LogP contribution >= 0.6 is 0 Å². The van der Waals surface area contributed by atoms with Crippen LogP contribution in [0.4, 0.5) is 0 Å². The van der Waals surface area contributed by atoms with E-state index in [2.05, 4.69) is 38.1 Å². The van der Waals surface area contributed by atoms with Crippen LogP contribution in [0.25, 0.3) is 0 Å². The van der Waals surface area contributed by atoms with E-state index in [1.807, 2.05) is 6.07 Å². The number of aryl methyl sites for hydroxylation is 1. The molecule has 3 atom stereocenters. The summed E-state index contributed by atoms with van der Waals surface area (Å²) in [6.45, 7) is 4.42. The van der Waals surface area contributed by atoms with Crippen LogP contribution in [-0.4, -0.2) is 10.7 Å². The monoisotopic (exact) mass is 283 g/mol. The molecule has 0 amide bonds. The number of nitriles is 1. The summed E-state index contributed by atoms with van der Waals surface area (Å²) in [6, 6.07) is 11.0. The van der Waals surface area contributed by atoms with Crippen LogP contribution in [0, 0.1) is 28.6 Å². The lowest BCUT2D eigenvalue weighted by molar-refractivity contribution is -0.112. The highest BCUT2D eigenvalue weighted by Gasteiger charge is 2.54. The first-order valence-corrected chi connectivity index (χ1v) is 8.18. The second-order valence-corrected chi connectivity index (χ2v) is 7.53. The second kappa shape index (κ2) is 5.14. The van der Waals surface area contributed by atoms with Crippen LogP contribution < -0.4 is 0 Å². The maximum atomic E-state index is 11.4. The minimum Gasteiger partial charge on any atom is -0.388 e. The summed E-state index contributed by atoms with van der Waals surface area (Å²) < 4.78 is 0. The van der Waals surface area contributed by atoms with Gasteiger partial charge in [0, 0.05) is 0 Å². The van der Waals surface area contributed by atoms with Gasteiger partial charge < -0.3 is 5.11 Å². The predicted molar refractivity (Wildman–Crippen MR) is 83.6 cm³/mol. The first kappa shape index (κ1) is 14.6. The van der Waals surface area contributed by atoms with E-state index >= 15 is 0 Å². The van der Waals surface area contributed by atoms with Crippen LogP contribution in [0.1, 0.15) is 50.7 Å². The quantitative estimate of drug-likeness (QED) is 0.850. The highest BCUT2D eigenvalue weighted by Crippen LogP contribution is 2.51. The Hall–Kier alpha value is -1.33. The van der Waals surface area contributed by atoms with Crippen molar-refractivity contribution in [3.63, 3.8) is 0 Å². The summed E-state index contributed by atoms with van der Waals surface area (Å²) in [5.41, 5.74) is 1.17. The minimum absolute atomic E-state index is 0.501. The van der Waals surface area contributed by atoms with Gasteiger partial charge in [0.15, 0.2) is 0 Å². The molecule has 2 aliphatic carbocycles. The lowest BCUT2D eigenvalue weighted by atomic mass is 9.56. The zero-order valence-corrected chi connectivity index (χ0v) is 13.1. The van der Waals surface area contributed by atoms with Crippen LogP contribution in [0.5, 0.6) is 0 Å². The molecule has 1 aromatic carbocycles. The van der Waals surface area contributed by atoms with Gasteiger partial charge in [0.25, 0.3) is 0 Å².